The molecule has 2 aliphatic heterocycles. The normalized spacial score (nSPS) is 27.9. The Labute approximate surface area is 291 Å². The second-order valence-electron chi connectivity index (χ2n) is 15.8. The molecule has 0 spiro atoms. The predicted octanol–water partition coefficient (Wildman–Crippen LogP) is 8.47. The zero-order chi connectivity index (χ0) is 34.2. The van der Waals surface area contributed by atoms with Gasteiger partial charge < -0.3 is 19.9 Å². The Hall–Kier alpha value is -3.81. The zero-order valence-electron chi connectivity index (χ0n) is 29.3. The van der Waals surface area contributed by atoms with Crippen molar-refractivity contribution in [3.8, 4) is 11.1 Å². The third kappa shape index (κ3) is 7.53. The lowest BCUT2D eigenvalue weighted by molar-refractivity contribution is -0.276. The molecule has 49 heavy (non-hydrogen) atoms. The van der Waals surface area contributed by atoms with Crippen LogP contribution in [0.1, 0.15) is 92.0 Å². The van der Waals surface area contributed by atoms with Crippen LogP contribution in [-0.2, 0) is 22.6 Å². The molecule has 2 saturated heterocycles. The number of hydrogen-bond acceptors (Lipinski definition) is 5. The summed E-state index contributed by atoms with van der Waals surface area (Å²) in [5.41, 5.74) is 7.54. The second-order valence-corrected chi connectivity index (χ2v) is 15.8. The molecule has 7 rings (SSSR count). The number of carbonyl (C=O) groups is 1. The fourth-order valence-corrected chi connectivity index (χ4v) is 8.95. The van der Waals surface area contributed by atoms with Gasteiger partial charge in [0.1, 0.15) is 0 Å². The van der Waals surface area contributed by atoms with Crippen molar-refractivity contribution in [3.63, 3.8) is 0 Å². The maximum Gasteiger partial charge on any atom is 0.251 e. The molecule has 6 nitrogen and oxygen atoms in total. The summed E-state index contributed by atoms with van der Waals surface area (Å²) in [5, 5.41) is 12.7. The number of aliphatic hydroxyl groups excluding tert-OH is 1. The van der Waals surface area contributed by atoms with Crippen molar-refractivity contribution in [2.45, 2.75) is 84.6 Å². The van der Waals surface area contributed by atoms with Gasteiger partial charge in [-0.1, -0.05) is 107 Å². The van der Waals surface area contributed by atoms with Gasteiger partial charge in [0, 0.05) is 42.7 Å². The van der Waals surface area contributed by atoms with Gasteiger partial charge in [0.05, 0.1) is 18.8 Å². The quantitative estimate of drug-likeness (QED) is 0.189. The number of fused-ring (bicyclic) bond motifs is 2. The van der Waals surface area contributed by atoms with Crippen LogP contribution in [-0.4, -0.2) is 41.1 Å². The molecular weight excluding hydrogens is 608 g/mol. The predicted molar refractivity (Wildman–Crippen MR) is 194 cm³/mol. The van der Waals surface area contributed by atoms with Crippen molar-refractivity contribution in [3.05, 3.63) is 131 Å². The van der Waals surface area contributed by atoms with E-state index < -0.39 is 6.29 Å². The molecule has 2 heterocycles. The van der Waals surface area contributed by atoms with Crippen LogP contribution in [0.25, 0.3) is 11.1 Å². The first-order chi connectivity index (χ1) is 23.6. The molecule has 3 fully saturated rings. The van der Waals surface area contributed by atoms with E-state index in [-0.39, 0.29) is 30.6 Å². The van der Waals surface area contributed by atoms with E-state index in [0.717, 1.165) is 46.5 Å². The fraction of sp³-hybridized carbons (Fsp3) is 0.419. The van der Waals surface area contributed by atoms with Crippen LogP contribution in [0.4, 0.5) is 0 Å². The number of likely N-dealkylation sites (tertiary alicyclic amines) is 1. The highest BCUT2D eigenvalue weighted by Crippen LogP contribution is 2.53. The van der Waals surface area contributed by atoms with Crippen molar-refractivity contribution in [1.29, 1.82) is 0 Å². The highest BCUT2D eigenvalue weighted by Gasteiger charge is 2.51. The summed E-state index contributed by atoms with van der Waals surface area (Å²) in [5.74, 6) is 0.0580. The van der Waals surface area contributed by atoms with Crippen molar-refractivity contribution in [1.82, 2.24) is 10.2 Å². The van der Waals surface area contributed by atoms with E-state index in [1.54, 1.807) is 0 Å². The average Bonchev–Trinajstić information content (AvgIpc) is 3.35. The highest BCUT2D eigenvalue weighted by atomic mass is 16.7. The molecule has 2 N–H and O–H groups in total. The Kier molecular flexibility index (Phi) is 9.51. The minimum absolute atomic E-state index is 0.00691. The van der Waals surface area contributed by atoms with Crippen LogP contribution in [0.5, 0.6) is 0 Å². The van der Waals surface area contributed by atoms with Gasteiger partial charge in [0.2, 0.25) is 0 Å². The number of amides is 1. The van der Waals surface area contributed by atoms with E-state index in [9.17, 15) is 9.90 Å². The highest BCUT2D eigenvalue weighted by molar-refractivity contribution is 5.94. The van der Waals surface area contributed by atoms with Crippen molar-refractivity contribution >= 4 is 5.91 Å². The minimum Gasteiger partial charge on any atom is -0.392 e. The summed E-state index contributed by atoms with van der Waals surface area (Å²) in [4.78, 5) is 15.4. The molecule has 6 unspecified atom stereocenters. The summed E-state index contributed by atoms with van der Waals surface area (Å²) in [7, 11) is 0. The summed E-state index contributed by atoms with van der Waals surface area (Å²) in [6.07, 6.45) is 3.09. The van der Waals surface area contributed by atoms with Crippen molar-refractivity contribution in [2.75, 3.05) is 13.1 Å². The SMILES string of the molecule is CC1C(CN2CC3(C)CC2CC(C)(C)C3)OC(c2cccc(-c3cccc(CNC(=O)c4ccccc4)c3)c2)OC1c1ccc(CO)cc1. The number of carbonyl (C=O) groups excluding carboxylic acids is 1. The summed E-state index contributed by atoms with van der Waals surface area (Å²) < 4.78 is 13.8. The fourth-order valence-electron chi connectivity index (χ4n) is 8.95. The van der Waals surface area contributed by atoms with E-state index >= 15 is 0 Å². The van der Waals surface area contributed by atoms with Crippen LogP contribution in [0.2, 0.25) is 0 Å². The van der Waals surface area contributed by atoms with E-state index in [1.165, 1.54) is 19.3 Å². The number of nitrogens with one attached hydrogen (secondary N) is 1. The first kappa shape index (κ1) is 33.7. The molecular formula is C43H50N2O4. The maximum absolute atomic E-state index is 12.7. The molecule has 6 atom stereocenters. The first-order valence-electron chi connectivity index (χ1n) is 17.9. The van der Waals surface area contributed by atoms with Gasteiger partial charge in [-0.05, 0) is 82.2 Å². The number of ether oxygens (including phenoxy) is 2. The van der Waals surface area contributed by atoms with Crippen LogP contribution in [0.15, 0.2) is 103 Å². The van der Waals surface area contributed by atoms with Crippen LogP contribution in [0, 0.1) is 16.7 Å². The number of benzene rings is 4. The van der Waals surface area contributed by atoms with E-state index in [4.69, 9.17) is 9.47 Å². The minimum atomic E-state index is -0.522. The average molecular weight is 659 g/mol. The molecule has 4 aromatic rings. The summed E-state index contributed by atoms with van der Waals surface area (Å²) >= 11 is 0. The summed E-state index contributed by atoms with van der Waals surface area (Å²) in [6.45, 7) is 12.1. The molecule has 1 aliphatic carbocycles. The Morgan fingerprint density at radius 3 is 2.33 bits per heavy atom. The number of nitrogens with zero attached hydrogens (tertiary/aromatic N) is 1. The number of aliphatic hydroxyl groups is 1. The van der Waals surface area contributed by atoms with Gasteiger partial charge in [-0.25, -0.2) is 0 Å². The zero-order valence-corrected chi connectivity index (χ0v) is 29.3. The molecule has 4 aromatic carbocycles. The van der Waals surface area contributed by atoms with Gasteiger partial charge in [-0.3, -0.25) is 9.69 Å². The molecule has 1 amide bonds. The molecule has 0 aromatic heterocycles. The topological polar surface area (TPSA) is 71.0 Å². The summed E-state index contributed by atoms with van der Waals surface area (Å²) in [6, 6.07) is 34.9. The molecule has 256 valence electrons. The molecule has 3 aliphatic rings. The Morgan fingerprint density at radius 1 is 0.837 bits per heavy atom. The first-order valence-corrected chi connectivity index (χ1v) is 17.9. The molecule has 0 radical (unpaired) electrons. The lowest BCUT2D eigenvalue weighted by Gasteiger charge is -2.43. The van der Waals surface area contributed by atoms with Gasteiger partial charge in [-0.2, -0.15) is 0 Å². The lowest BCUT2D eigenvalue weighted by Crippen LogP contribution is -2.46. The van der Waals surface area contributed by atoms with E-state index in [0.29, 0.717) is 29.0 Å². The monoisotopic (exact) mass is 658 g/mol. The van der Waals surface area contributed by atoms with Crippen molar-refractivity contribution < 1.29 is 19.4 Å². The van der Waals surface area contributed by atoms with Crippen LogP contribution in [0.3, 0.4) is 0 Å². The van der Waals surface area contributed by atoms with Gasteiger partial charge in [-0.15, -0.1) is 0 Å². The standard InChI is InChI=1S/C43H50N2O4/c1-29-38(25-45-28-43(4)23-37(45)22-42(2,3)27-43)48-41(49-39(29)32-18-16-30(26-46)17-19-32)36-15-9-14-35(21-36)34-13-8-10-31(20-34)24-44-40(47)33-11-6-5-7-12-33/h5-21,29,37-39,41,46H,22-28H2,1-4H3,(H,44,47). The maximum atomic E-state index is 12.7. The van der Waals surface area contributed by atoms with E-state index in [1.807, 2.05) is 54.6 Å². The lowest BCUT2D eigenvalue weighted by atomic mass is 9.65. The third-order valence-electron chi connectivity index (χ3n) is 11.0. The van der Waals surface area contributed by atoms with Crippen molar-refractivity contribution in [2.24, 2.45) is 16.7 Å². The van der Waals surface area contributed by atoms with Crippen LogP contribution >= 0.6 is 0 Å². The molecule has 6 heteroatoms. The second kappa shape index (κ2) is 13.8. The Balaban J connectivity index is 1.13. The van der Waals surface area contributed by atoms with E-state index in [2.05, 4.69) is 86.4 Å². The number of rotatable bonds is 9. The number of hydrogen-bond donors (Lipinski definition) is 2. The Morgan fingerprint density at radius 2 is 1.57 bits per heavy atom. The Bertz CT molecular complexity index is 1760. The molecule has 2 bridgehead atoms. The molecule has 1 saturated carbocycles. The van der Waals surface area contributed by atoms with Gasteiger partial charge in [0.25, 0.3) is 5.91 Å². The van der Waals surface area contributed by atoms with Crippen LogP contribution < -0.4 is 5.32 Å². The largest absolute Gasteiger partial charge is 0.392 e. The third-order valence-corrected chi connectivity index (χ3v) is 11.0. The smallest absolute Gasteiger partial charge is 0.251 e. The van der Waals surface area contributed by atoms with Gasteiger partial charge >= 0.3 is 0 Å². The van der Waals surface area contributed by atoms with Gasteiger partial charge in [0.15, 0.2) is 6.29 Å².